The molecule has 0 aromatic heterocycles. The van der Waals surface area contributed by atoms with Gasteiger partial charge in [0.2, 0.25) is 0 Å². The molecule has 0 rings (SSSR count). The van der Waals surface area contributed by atoms with Crippen LogP contribution in [0.2, 0.25) is 0 Å². The molecule has 0 bridgehead atoms. The van der Waals surface area contributed by atoms with Gasteiger partial charge in [0.1, 0.15) is 0 Å². The van der Waals surface area contributed by atoms with Gasteiger partial charge in [-0.05, 0) is 47.5 Å². The summed E-state index contributed by atoms with van der Waals surface area (Å²) in [7, 11) is 0. The number of aliphatic hydroxyl groups is 8. The molecule has 35 heavy (non-hydrogen) atoms. The summed E-state index contributed by atoms with van der Waals surface area (Å²) in [6.07, 6.45) is 0.588. The number of rotatable bonds is 10. The third kappa shape index (κ3) is 38.2. The maximum absolute atomic E-state index is 8.54. The minimum Gasteiger partial charge on any atom is -0.395 e. The Morgan fingerprint density at radius 3 is 0.771 bits per heavy atom. The summed E-state index contributed by atoms with van der Waals surface area (Å²) < 4.78 is 0. The second-order valence-corrected chi connectivity index (χ2v) is 9.94. The highest BCUT2D eigenvalue weighted by Crippen LogP contribution is 2.02. The molecule has 0 aliphatic rings. The van der Waals surface area contributed by atoms with Crippen LogP contribution in [0.4, 0.5) is 0 Å². The van der Waals surface area contributed by atoms with Crippen molar-refractivity contribution in [1.29, 1.82) is 0 Å². The second kappa shape index (κ2) is 23.9. The van der Waals surface area contributed by atoms with Gasteiger partial charge in [-0.25, -0.2) is 0 Å². The van der Waals surface area contributed by atoms with Gasteiger partial charge in [0.05, 0.1) is 69.5 Å². The highest BCUT2D eigenvalue weighted by Gasteiger charge is 2.19. The first-order valence-electron chi connectivity index (χ1n) is 11.5. The monoisotopic (exact) mass is 521 g/mol. The zero-order valence-electron chi connectivity index (χ0n) is 23.0. The fourth-order valence-corrected chi connectivity index (χ4v) is 0.700. The topological polar surface area (TPSA) is 292 Å². The lowest BCUT2D eigenvalue weighted by atomic mass is 10.0. The molecule has 0 spiro atoms. The van der Waals surface area contributed by atoms with E-state index in [-0.39, 0.29) is 46.2 Å². The van der Waals surface area contributed by atoms with E-state index in [2.05, 4.69) is 0 Å². The predicted octanol–water partition coefficient (Wildman–Crippen LogP) is -3.72. The molecule has 0 aliphatic heterocycles. The summed E-state index contributed by atoms with van der Waals surface area (Å²) >= 11 is 0. The van der Waals surface area contributed by atoms with Crippen molar-refractivity contribution in [2.45, 2.75) is 95.6 Å². The molecule has 13 nitrogen and oxygen atoms in total. The molecule has 0 amide bonds. The lowest BCUT2D eigenvalue weighted by Crippen LogP contribution is -2.46. The molecule has 13 heteroatoms. The van der Waals surface area contributed by atoms with Crippen molar-refractivity contribution in [2.75, 3.05) is 46.2 Å². The normalized spacial score (nSPS) is 13.4. The Labute approximate surface area is 211 Å². The molecule has 0 saturated carbocycles. The second-order valence-electron chi connectivity index (χ2n) is 9.94. The van der Waals surface area contributed by atoms with Crippen molar-refractivity contribution in [1.82, 2.24) is 0 Å². The first kappa shape index (κ1) is 44.5. The van der Waals surface area contributed by atoms with Gasteiger partial charge in [-0.15, -0.1) is 0 Å². The smallest absolute Gasteiger partial charge is 0.0685 e. The van der Waals surface area contributed by atoms with Crippen molar-refractivity contribution >= 4 is 0 Å². The van der Waals surface area contributed by atoms with Crippen LogP contribution in [-0.2, 0) is 0 Å². The average Bonchev–Trinajstić information content (AvgIpc) is 2.83. The quantitative estimate of drug-likeness (QED) is 0.132. The molecule has 0 radical (unpaired) electrons. The van der Waals surface area contributed by atoms with E-state index in [1.54, 1.807) is 34.6 Å². The maximum Gasteiger partial charge on any atom is 0.0685 e. The molecule has 0 aliphatic carbocycles. The summed E-state index contributed by atoms with van der Waals surface area (Å²) in [6.45, 7) is 11.6. The fraction of sp³-hybridized carbons (Fsp3) is 1.00. The Balaban J connectivity index is -0.000000108. The van der Waals surface area contributed by atoms with E-state index in [1.165, 1.54) is 0 Å². The van der Waals surface area contributed by atoms with E-state index in [0.717, 1.165) is 0 Å². The minimum atomic E-state index is -0.764. The van der Waals surface area contributed by atoms with Crippen molar-refractivity contribution < 1.29 is 40.9 Å². The molecule has 18 N–H and O–H groups in total. The van der Waals surface area contributed by atoms with E-state index < -0.39 is 34.3 Å². The summed E-state index contributed by atoms with van der Waals surface area (Å²) in [6, 6.07) is -0.486. The Bertz CT molecular complexity index is 377. The van der Waals surface area contributed by atoms with Gasteiger partial charge in [-0.3, -0.25) is 0 Å². The summed E-state index contributed by atoms with van der Waals surface area (Å²) in [5, 5.41) is 67.3. The third-order valence-electron chi connectivity index (χ3n) is 4.31. The SMILES string of the molecule is CC(C)(N)CO.CC(C)(N)CO.CC(O)C(N)CO.CCC(N)(CO)CO.CCC(N)(CO)CO. The van der Waals surface area contributed by atoms with Crippen LogP contribution in [0.15, 0.2) is 0 Å². The summed E-state index contributed by atoms with van der Waals surface area (Å²) in [4.78, 5) is 0. The Morgan fingerprint density at radius 2 is 0.771 bits per heavy atom. The Morgan fingerprint density at radius 1 is 0.571 bits per heavy atom. The first-order chi connectivity index (χ1) is 15.7. The van der Waals surface area contributed by atoms with E-state index in [0.29, 0.717) is 12.8 Å². The lowest BCUT2D eigenvalue weighted by Gasteiger charge is -2.21. The fourth-order valence-electron chi connectivity index (χ4n) is 0.700. The molecule has 2 unspecified atom stereocenters. The molecule has 2 atom stereocenters. The molecule has 0 fully saturated rings. The predicted molar refractivity (Wildman–Crippen MR) is 140 cm³/mol. The largest absolute Gasteiger partial charge is 0.395 e. The summed E-state index contributed by atoms with van der Waals surface area (Å²) in [5.41, 5.74) is 24.1. The van der Waals surface area contributed by atoms with Gasteiger partial charge < -0.3 is 69.5 Å². The lowest BCUT2D eigenvalue weighted by molar-refractivity contribution is 0.118. The van der Waals surface area contributed by atoms with Gasteiger partial charge in [0, 0.05) is 11.1 Å². The van der Waals surface area contributed by atoms with E-state index in [9.17, 15) is 0 Å². The van der Waals surface area contributed by atoms with E-state index >= 15 is 0 Å². The van der Waals surface area contributed by atoms with Gasteiger partial charge in [0.25, 0.3) is 0 Å². The first-order valence-corrected chi connectivity index (χ1v) is 11.5. The van der Waals surface area contributed by atoms with Crippen LogP contribution in [0.3, 0.4) is 0 Å². The van der Waals surface area contributed by atoms with Crippen molar-refractivity contribution in [3.8, 4) is 0 Å². The molecule has 0 aromatic rings. The maximum atomic E-state index is 8.54. The van der Waals surface area contributed by atoms with Gasteiger partial charge in [-0.1, -0.05) is 13.8 Å². The molecule has 0 saturated heterocycles. The molecule has 0 aromatic carbocycles. The highest BCUT2D eigenvalue weighted by atomic mass is 16.3. The Kier molecular flexibility index (Phi) is 30.3. The van der Waals surface area contributed by atoms with Crippen LogP contribution < -0.4 is 28.7 Å². The molecular weight excluding hydrogens is 462 g/mol. The van der Waals surface area contributed by atoms with Crippen LogP contribution in [0, 0.1) is 0 Å². The van der Waals surface area contributed by atoms with Crippen LogP contribution in [0.5, 0.6) is 0 Å². The highest BCUT2D eigenvalue weighted by molar-refractivity contribution is 4.80. The van der Waals surface area contributed by atoms with Crippen molar-refractivity contribution in [3.63, 3.8) is 0 Å². The number of aliphatic hydroxyl groups excluding tert-OH is 8. The van der Waals surface area contributed by atoms with Crippen LogP contribution in [-0.4, -0.2) is 121 Å². The van der Waals surface area contributed by atoms with Gasteiger partial charge in [-0.2, -0.15) is 0 Å². The average molecular weight is 522 g/mol. The minimum absolute atomic E-state index is 0.0486. The molecule has 0 heterocycles. The van der Waals surface area contributed by atoms with Crippen LogP contribution in [0.25, 0.3) is 0 Å². The van der Waals surface area contributed by atoms with Gasteiger partial charge in [0.15, 0.2) is 0 Å². The zero-order chi connectivity index (χ0) is 29.5. The summed E-state index contributed by atoms with van der Waals surface area (Å²) in [5.74, 6) is 0. The van der Waals surface area contributed by atoms with E-state index in [1.807, 2.05) is 13.8 Å². The standard InChI is InChI=1S/2C5H13NO2.C4H11NO2.2C4H11NO/c2*1-2-5(6,3-7)4-8;1-3(7)4(5)2-6;2*1-4(2,5)3-6/h2*7-8H,2-4,6H2,1H3;3-4,6-7H,2,5H2,1H3;2*6H,3,5H2,1-2H3. The van der Waals surface area contributed by atoms with Gasteiger partial charge >= 0.3 is 0 Å². The Hall–Kier alpha value is -0.520. The van der Waals surface area contributed by atoms with Crippen molar-refractivity contribution in [2.24, 2.45) is 28.7 Å². The molecular formula is C22H59N5O8. The third-order valence-corrected chi connectivity index (χ3v) is 4.31. The number of hydrogen-bond acceptors (Lipinski definition) is 13. The van der Waals surface area contributed by atoms with Crippen molar-refractivity contribution in [3.05, 3.63) is 0 Å². The van der Waals surface area contributed by atoms with Crippen LogP contribution in [0.1, 0.15) is 61.3 Å². The zero-order valence-corrected chi connectivity index (χ0v) is 23.0. The van der Waals surface area contributed by atoms with E-state index in [4.69, 9.17) is 69.5 Å². The number of nitrogens with two attached hydrogens (primary N) is 5. The number of hydrogen-bond donors (Lipinski definition) is 13. The van der Waals surface area contributed by atoms with Crippen LogP contribution >= 0.6 is 0 Å². The molecule has 220 valence electrons.